The first-order valence-corrected chi connectivity index (χ1v) is 9.83. The van der Waals surface area contributed by atoms with Crippen molar-refractivity contribution in [1.82, 2.24) is 9.97 Å². The highest BCUT2D eigenvalue weighted by molar-refractivity contribution is 7.90. The van der Waals surface area contributed by atoms with Gasteiger partial charge in [-0.05, 0) is 24.6 Å². The second-order valence-electron chi connectivity index (χ2n) is 5.23. The molecule has 0 fully saturated rings. The zero-order valence-electron chi connectivity index (χ0n) is 14.4. The Bertz CT molecular complexity index is 918. The number of esters is 1. The number of hydrogen-bond donors (Lipinski definition) is 1. The third kappa shape index (κ3) is 4.83. The predicted molar refractivity (Wildman–Crippen MR) is 96.4 cm³/mol. The second kappa shape index (κ2) is 8.33. The SMILES string of the molecule is CCOC(=O)c1cnc(S(C)(=O)=O)nc1NCc1ccc(OC)c(Cl)c1. The van der Waals surface area contributed by atoms with Crippen molar-refractivity contribution < 1.29 is 22.7 Å². The molecule has 0 amide bonds. The summed E-state index contributed by atoms with van der Waals surface area (Å²) in [5, 5.41) is 2.97. The van der Waals surface area contributed by atoms with E-state index in [4.69, 9.17) is 21.1 Å². The van der Waals surface area contributed by atoms with Crippen molar-refractivity contribution in [2.75, 3.05) is 25.3 Å². The Morgan fingerprint density at radius 2 is 2.08 bits per heavy atom. The normalized spacial score (nSPS) is 11.1. The summed E-state index contributed by atoms with van der Waals surface area (Å²) in [5.41, 5.74) is 0.823. The molecule has 1 aromatic heterocycles. The number of nitrogens with zero attached hydrogens (tertiary/aromatic N) is 2. The van der Waals surface area contributed by atoms with E-state index in [1.54, 1.807) is 25.1 Å². The number of sulfone groups is 1. The molecule has 0 bridgehead atoms. The minimum atomic E-state index is -3.63. The first-order chi connectivity index (χ1) is 12.3. The van der Waals surface area contributed by atoms with E-state index < -0.39 is 15.8 Å². The Kier molecular flexibility index (Phi) is 6.38. The highest BCUT2D eigenvalue weighted by atomic mass is 35.5. The molecule has 0 aliphatic carbocycles. The smallest absolute Gasteiger partial charge is 0.343 e. The monoisotopic (exact) mass is 399 g/mol. The zero-order valence-corrected chi connectivity index (χ0v) is 16.0. The van der Waals surface area contributed by atoms with Crippen LogP contribution < -0.4 is 10.1 Å². The third-order valence-electron chi connectivity index (χ3n) is 3.27. The second-order valence-corrected chi connectivity index (χ2v) is 7.55. The maximum atomic E-state index is 12.0. The van der Waals surface area contributed by atoms with E-state index in [1.807, 2.05) is 0 Å². The molecule has 1 aromatic carbocycles. The lowest BCUT2D eigenvalue weighted by Gasteiger charge is -2.12. The summed E-state index contributed by atoms with van der Waals surface area (Å²) >= 11 is 6.09. The van der Waals surface area contributed by atoms with Crippen molar-refractivity contribution >= 4 is 33.2 Å². The molecule has 0 aliphatic heterocycles. The number of aromatic nitrogens is 2. The minimum absolute atomic E-state index is 0.0406. The predicted octanol–water partition coefficient (Wildman–Crippen LogP) is 2.33. The third-order valence-corrected chi connectivity index (χ3v) is 4.43. The molecule has 0 unspecified atom stereocenters. The van der Waals surface area contributed by atoms with Gasteiger partial charge in [0.05, 0.1) is 18.7 Å². The molecule has 0 saturated heterocycles. The van der Waals surface area contributed by atoms with E-state index in [0.29, 0.717) is 10.8 Å². The van der Waals surface area contributed by atoms with Gasteiger partial charge in [0.15, 0.2) is 0 Å². The number of carbonyl (C=O) groups is 1. The van der Waals surface area contributed by atoms with Crippen molar-refractivity contribution in [2.24, 2.45) is 0 Å². The molecule has 0 spiro atoms. The number of nitrogens with one attached hydrogen (secondary N) is 1. The molecular weight excluding hydrogens is 382 g/mol. The van der Waals surface area contributed by atoms with E-state index in [1.165, 1.54) is 7.11 Å². The van der Waals surface area contributed by atoms with Gasteiger partial charge < -0.3 is 14.8 Å². The van der Waals surface area contributed by atoms with Gasteiger partial charge in [0, 0.05) is 19.0 Å². The van der Waals surface area contributed by atoms with Gasteiger partial charge >= 0.3 is 5.97 Å². The minimum Gasteiger partial charge on any atom is -0.495 e. The van der Waals surface area contributed by atoms with E-state index in [2.05, 4.69) is 15.3 Å². The van der Waals surface area contributed by atoms with Crippen LogP contribution in [0.2, 0.25) is 5.02 Å². The van der Waals surface area contributed by atoms with Crippen molar-refractivity contribution in [3.05, 3.63) is 40.5 Å². The van der Waals surface area contributed by atoms with Crippen LogP contribution in [0.5, 0.6) is 5.75 Å². The lowest BCUT2D eigenvalue weighted by Crippen LogP contribution is -2.15. The number of halogens is 1. The van der Waals surface area contributed by atoms with E-state index in [-0.39, 0.29) is 29.7 Å². The Balaban J connectivity index is 2.33. The standard InChI is InChI=1S/C16H18ClN3O5S/c1-4-25-15(21)11-9-19-16(26(3,22)23)20-14(11)18-8-10-5-6-13(24-2)12(17)7-10/h5-7,9H,4,8H2,1-3H3,(H,18,19,20). The fourth-order valence-electron chi connectivity index (χ4n) is 2.04. The largest absolute Gasteiger partial charge is 0.495 e. The Hall–Kier alpha value is -2.39. The number of hydrogen-bond acceptors (Lipinski definition) is 8. The van der Waals surface area contributed by atoms with Crippen LogP contribution in [0, 0.1) is 0 Å². The van der Waals surface area contributed by atoms with Gasteiger partial charge in [-0.25, -0.2) is 23.2 Å². The maximum Gasteiger partial charge on any atom is 0.343 e. The maximum absolute atomic E-state index is 12.0. The van der Waals surface area contributed by atoms with Gasteiger partial charge in [-0.3, -0.25) is 0 Å². The summed E-state index contributed by atoms with van der Waals surface area (Å²) in [4.78, 5) is 19.7. The lowest BCUT2D eigenvalue weighted by molar-refractivity contribution is 0.0526. The summed E-state index contributed by atoms with van der Waals surface area (Å²) in [6.45, 7) is 2.08. The summed E-state index contributed by atoms with van der Waals surface area (Å²) in [5.74, 6) is -0.0577. The van der Waals surface area contributed by atoms with Crippen LogP contribution in [0.25, 0.3) is 0 Å². The molecule has 26 heavy (non-hydrogen) atoms. The molecule has 0 saturated carbocycles. The van der Waals surface area contributed by atoms with Gasteiger partial charge in [0.2, 0.25) is 15.0 Å². The molecule has 2 aromatic rings. The number of benzene rings is 1. The van der Waals surface area contributed by atoms with Gasteiger partial charge in [-0.2, -0.15) is 0 Å². The first kappa shape index (κ1) is 19.9. The van der Waals surface area contributed by atoms with Gasteiger partial charge in [-0.15, -0.1) is 0 Å². The van der Waals surface area contributed by atoms with Crippen LogP contribution in [-0.4, -0.2) is 44.3 Å². The topological polar surface area (TPSA) is 107 Å². The van der Waals surface area contributed by atoms with Crippen LogP contribution in [0.4, 0.5) is 5.82 Å². The molecule has 2 rings (SSSR count). The lowest BCUT2D eigenvalue weighted by atomic mass is 10.2. The van der Waals surface area contributed by atoms with Crippen molar-refractivity contribution in [1.29, 1.82) is 0 Å². The molecule has 10 heteroatoms. The average Bonchev–Trinajstić information content (AvgIpc) is 2.59. The van der Waals surface area contributed by atoms with Gasteiger partial charge in [0.25, 0.3) is 0 Å². The van der Waals surface area contributed by atoms with Gasteiger partial charge in [0.1, 0.15) is 17.1 Å². The molecular formula is C16H18ClN3O5S. The summed E-state index contributed by atoms with van der Waals surface area (Å²) in [7, 11) is -2.12. The van der Waals surface area contributed by atoms with E-state index >= 15 is 0 Å². The molecule has 0 radical (unpaired) electrons. The van der Waals surface area contributed by atoms with Crippen LogP contribution in [0.3, 0.4) is 0 Å². The Morgan fingerprint density at radius 3 is 2.65 bits per heavy atom. The van der Waals surface area contributed by atoms with E-state index in [9.17, 15) is 13.2 Å². The number of ether oxygens (including phenoxy) is 2. The van der Waals surface area contributed by atoms with Gasteiger partial charge in [-0.1, -0.05) is 17.7 Å². The van der Waals surface area contributed by atoms with Crippen LogP contribution in [0.1, 0.15) is 22.8 Å². The summed E-state index contributed by atoms with van der Waals surface area (Å²) in [6.07, 6.45) is 2.12. The highest BCUT2D eigenvalue weighted by Gasteiger charge is 2.19. The molecule has 1 N–H and O–H groups in total. The van der Waals surface area contributed by atoms with Crippen molar-refractivity contribution in [3.8, 4) is 5.75 Å². The number of rotatable bonds is 7. The molecule has 8 nitrogen and oxygen atoms in total. The van der Waals surface area contributed by atoms with Crippen LogP contribution in [0.15, 0.2) is 29.6 Å². The van der Waals surface area contributed by atoms with Crippen molar-refractivity contribution in [3.63, 3.8) is 0 Å². The fraction of sp³-hybridized carbons (Fsp3) is 0.312. The van der Waals surface area contributed by atoms with Crippen molar-refractivity contribution in [2.45, 2.75) is 18.6 Å². The first-order valence-electron chi connectivity index (χ1n) is 7.56. The fourth-order valence-corrected chi connectivity index (χ4v) is 2.82. The Labute approximate surface area is 156 Å². The molecule has 140 valence electrons. The molecule has 1 heterocycles. The molecule has 0 atom stereocenters. The number of anilines is 1. The van der Waals surface area contributed by atoms with Crippen LogP contribution in [-0.2, 0) is 21.1 Å². The van der Waals surface area contributed by atoms with Crippen LogP contribution >= 0.6 is 11.6 Å². The van der Waals surface area contributed by atoms with E-state index in [0.717, 1.165) is 18.0 Å². The highest BCUT2D eigenvalue weighted by Crippen LogP contribution is 2.25. The summed E-state index contributed by atoms with van der Waals surface area (Å²) < 4.78 is 33.4. The average molecular weight is 400 g/mol. The molecule has 0 aliphatic rings. The zero-order chi connectivity index (χ0) is 19.3. The number of methoxy groups -OCH3 is 1. The summed E-state index contributed by atoms with van der Waals surface area (Å²) in [6, 6.07) is 5.17. The Morgan fingerprint density at radius 1 is 1.35 bits per heavy atom. The number of carbonyl (C=O) groups excluding carboxylic acids is 1. The quantitative estimate of drug-likeness (QED) is 0.558.